The van der Waals surface area contributed by atoms with E-state index in [1.54, 1.807) is 25.1 Å². The number of carboxylic acid groups (broad SMARTS) is 1. The summed E-state index contributed by atoms with van der Waals surface area (Å²) >= 11 is 0. The number of hydroxylamine groups is 2. The Morgan fingerprint density at radius 1 is 1.05 bits per heavy atom. The Kier molecular flexibility index (Phi) is 11.5. The zero-order valence-electron chi connectivity index (χ0n) is 22.7. The van der Waals surface area contributed by atoms with E-state index < -0.39 is 17.8 Å². The van der Waals surface area contributed by atoms with Crippen LogP contribution in [0.5, 0.6) is 0 Å². The summed E-state index contributed by atoms with van der Waals surface area (Å²) in [6.45, 7) is 3.90. The fourth-order valence-electron chi connectivity index (χ4n) is 4.08. The molecule has 3 amide bonds. The van der Waals surface area contributed by atoms with Gasteiger partial charge >= 0.3 is 5.97 Å². The fourth-order valence-corrected chi connectivity index (χ4v) is 4.08. The molecule has 0 unspecified atom stereocenters. The van der Waals surface area contributed by atoms with Crippen LogP contribution in [-0.4, -0.2) is 47.6 Å². The molecule has 1 heterocycles. The molecule has 1 aromatic heterocycles. The lowest BCUT2D eigenvalue weighted by Crippen LogP contribution is -2.43. The number of benzene rings is 2. The molecule has 0 aliphatic heterocycles. The van der Waals surface area contributed by atoms with Gasteiger partial charge in [0.2, 0.25) is 12.3 Å². The van der Waals surface area contributed by atoms with Gasteiger partial charge in [-0.15, -0.1) is 0 Å². The van der Waals surface area contributed by atoms with E-state index in [0.29, 0.717) is 29.7 Å². The van der Waals surface area contributed by atoms with Crippen molar-refractivity contribution in [3.63, 3.8) is 0 Å². The van der Waals surface area contributed by atoms with Gasteiger partial charge in [0.15, 0.2) is 5.76 Å². The summed E-state index contributed by atoms with van der Waals surface area (Å²) in [6, 6.07) is 17.3. The van der Waals surface area contributed by atoms with E-state index in [0.717, 1.165) is 29.9 Å². The molecular weight excluding hydrogens is 514 g/mol. The van der Waals surface area contributed by atoms with Crippen LogP contribution in [0.15, 0.2) is 65.1 Å². The van der Waals surface area contributed by atoms with E-state index in [9.17, 15) is 24.3 Å². The van der Waals surface area contributed by atoms with E-state index in [-0.39, 0.29) is 37.1 Å². The molecule has 1 atom stereocenters. The molecule has 0 radical (unpaired) electrons. The number of rotatable bonds is 16. The summed E-state index contributed by atoms with van der Waals surface area (Å²) < 4.78 is 5.63. The fraction of sp³-hybridized carbons (Fsp3) is 0.333. The number of hydrogen-bond donors (Lipinski definition) is 3. The summed E-state index contributed by atoms with van der Waals surface area (Å²) in [6.07, 6.45) is 3.86. The number of amides is 3. The van der Waals surface area contributed by atoms with Crippen molar-refractivity contribution in [2.75, 3.05) is 13.2 Å². The molecule has 0 aliphatic rings. The molecule has 40 heavy (non-hydrogen) atoms. The second-order valence-electron chi connectivity index (χ2n) is 9.38. The summed E-state index contributed by atoms with van der Waals surface area (Å²) in [5.41, 5.74) is 2.19. The van der Waals surface area contributed by atoms with Crippen LogP contribution >= 0.6 is 0 Å². The molecule has 0 saturated heterocycles. The van der Waals surface area contributed by atoms with Crippen molar-refractivity contribution < 1.29 is 33.5 Å². The van der Waals surface area contributed by atoms with Crippen LogP contribution in [0.3, 0.4) is 0 Å². The highest BCUT2D eigenvalue weighted by Crippen LogP contribution is 2.25. The minimum atomic E-state index is -1.05. The normalized spacial score (nSPS) is 11.4. The van der Waals surface area contributed by atoms with Crippen LogP contribution in [0.4, 0.5) is 0 Å². The summed E-state index contributed by atoms with van der Waals surface area (Å²) in [5, 5.41) is 15.8. The van der Waals surface area contributed by atoms with Gasteiger partial charge in [-0.2, -0.15) is 0 Å². The third-order valence-electron chi connectivity index (χ3n) is 6.38. The van der Waals surface area contributed by atoms with Crippen LogP contribution in [0.1, 0.15) is 64.6 Å². The van der Waals surface area contributed by atoms with E-state index in [4.69, 9.17) is 9.25 Å². The van der Waals surface area contributed by atoms with Crippen molar-refractivity contribution in [2.45, 2.75) is 46.1 Å². The van der Waals surface area contributed by atoms with E-state index >= 15 is 0 Å². The summed E-state index contributed by atoms with van der Waals surface area (Å²) in [5.74, 6) is -2.07. The van der Waals surface area contributed by atoms with Crippen molar-refractivity contribution in [1.82, 2.24) is 15.7 Å². The van der Waals surface area contributed by atoms with Gasteiger partial charge in [0.25, 0.3) is 5.91 Å². The topological polar surface area (TPSA) is 138 Å². The first kappa shape index (κ1) is 30.1. The Bertz CT molecular complexity index is 1290. The summed E-state index contributed by atoms with van der Waals surface area (Å²) in [7, 11) is 0. The van der Waals surface area contributed by atoms with E-state index in [1.165, 1.54) is 12.1 Å². The van der Waals surface area contributed by atoms with Crippen molar-refractivity contribution in [3.05, 3.63) is 83.1 Å². The Hall–Kier alpha value is -4.44. The van der Waals surface area contributed by atoms with Crippen LogP contribution in [0, 0.1) is 12.8 Å². The molecule has 10 heteroatoms. The van der Waals surface area contributed by atoms with Crippen LogP contribution in [-0.2, 0) is 21.0 Å². The second kappa shape index (κ2) is 15.2. The summed E-state index contributed by atoms with van der Waals surface area (Å²) in [4.78, 5) is 54.2. The average Bonchev–Trinajstić information content (AvgIpc) is 3.45. The lowest BCUT2D eigenvalue weighted by molar-refractivity contribution is -0.182. The highest BCUT2D eigenvalue weighted by atomic mass is 16.7. The monoisotopic (exact) mass is 549 g/mol. The van der Waals surface area contributed by atoms with Crippen LogP contribution in [0.2, 0.25) is 0 Å². The maximum Gasteiger partial charge on any atom is 0.335 e. The van der Waals surface area contributed by atoms with Gasteiger partial charge in [-0.25, -0.2) is 9.86 Å². The number of hydrogen-bond acceptors (Lipinski definition) is 6. The SMILES string of the molecule is CCCCC[C@H](CN(C=O)OCc1ccccc1)C(=O)NCNC(=O)c1ccc(-c2ccc(C)c(C(=O)O)c2)o1. The van der Waals surface area contributed by atoms with Crippen molar-refractivity contribution in [1.29, 1.82) is 0 Å². The van der Waals surface area contributed by atoms with Gasteiger partial charge in [-0.1, -0.05) is 68.7 Å². The smallest absolute Gasteiger partial charge is 0.335 e. The highest BCUT2D eigenvalue weighted by Gasteiger charge is 2.22. The molecule has 0 saturated carbocycles. The van der Waals surface area contributed by atoms with Gasteiger partial charge < -0.3 is 20.2 Å². The number of carbonyl (C=O) groups excluding carboxylic acids is 3. The highest BCUT2D eigenvalue weighted by molar-refractivity contribution is 5.93. The van der Waals surface area contributed by atoms with E-state index in [1.807, 2.05) is 30.3 Å². The molecule has 0 aliphatic carbocycles. The first-order valence-corrected chi connectivity index (χ1v) is 13.2. The molecular formula is C30H35N3O7. The first-order chi connectivity index (χ1) is 19.3. The molecule has 3 aromatic rings. The molecule has 2 aromatic carbocycles. The predicted octanol–water partition coefficient (Wildman–Crippen LogP) is 4.54. The predicted molar refractivity (Wildman–Crippen MR) is 148 cm³/mol. The Labute approximate surface area is 233 Å². The minimum absolute atomic E-state index is 0.0163. The number of aryl methyl sites for hydroxylation is 1. The number of carbonyl (C=O) groups is 4. The molecule has 10 nitrogen and oxygen atoms in total. The lowest BCUT2D eigenvalue weighted by Gasteiger charge is -2.23. The number of carboxylic acids is 1. The molecule has 3 rings (SSSR count). The number of nitrogens with zero attached hydrogens (tertiary/aromatic N) is 1. The molecule has 212 valence electrons. The molecule has 0 fully saturated rings. The first-order valence-electron chi connectivity index (χ1n) is 13.2. The number of furan rings is 1. The van der Waals surface area contributed by atoms with Crippen LogP contribution in [0.25, 0.3) is 11.3 Å². The third-order valence-corrected chi connectivity index (χ3v) is 6.38. The Balaban J connectivity index is 1.55. The number of aromatic carboxylic acids is 1. The lowest BCUT2D eigenvalue weighted by atomic mass is 10.0. The molecule has 3 N–H and O–H groups in total. The standard InChI is InChI=1S/C30H35N3O7/c1-3-4-6-11-24(17-33(20-34)39-18-22-9-7-5-8-10-22)28(35)31-19-32-29(36)27-15-14-26(40-27)23-13-12-21(2)25(16-23)30(37)38/h5,7-10,12-16,20,24H,3-4,6,11,17-19H2,1-2H3,(H,31,35)(H,32,36)(H,37,38)/t24-/m1/s1. The number of unbranched alkanes of at least 4 members (excludes halogenated alkanes) is 2. The molecule has 0 spiro atoms. The van der Waals surface area contributed by atoms with Gasteiger partial charge in [0.05, 0.1) is 24.7 Å². The molecule has 0 bridgehead atoms. The third kappa shape index (κ3) is 8.81. The Morgan fingerprint density at radius 3 is 2.52 bits per heavy atom. The maximum absolute atomic E-state index is 13.0. The van der Waals surface area contributed by atoms with Gasteiger partial charge in [0.1, 0.15) is 12.4 Å². The van der Waals surface area contributed by atoms with E-state index in [2.05, 4.69) is 17.6 Å². The second-order valence-corrected chi connectivity index (χ2v) is 9.38. The quantitative estimate of drug-likeness (QED) is 0.103. The average molecular weight is 550 g/mol. The van der Waals surface area contributed by atoms with Crippen LogP contribution < -0.4 is 10.6 Å². The van der Waals surface area contributed by atoms with Gasteiger partial charge in [-0.05, 0) is 42.7 Å². The zero-order valence-corrected chi connectivity index (χ0v) is 22.7. The minimum Gasteiger partial charge on any atom is -0.478 e. The van der Waals surface area contributed by atoms with Gasteiger partial charge in [0, 0.05) is 5.56 Å². The van der Waals surface area contributed by atoms with Crippen molar-refractivity contribution >= 4 is 24.2 Å². The largest absolute Gasteiger partial charge is 0.478 e. The number of nitrogens with one attached hydrogen (secondary N) is 2. The zero-order chi connectivity index (χ0) is 28.9. The maximum atomic E-state index is 13.0. The van der Waals surface area contributed by atoms with Gasteiger partial charge in [-0.3, -0.25) is 19.2 Å². The van der Waals surface area contributed by atoms with Crippen molar-refractivity contribution in [2.24, 2.45) is 5.92 Å². The van der Waals surface area contributed by atoms with Crippen molar-refractivity contribution in [3.8, 4) is 11.3 Å². The Morgan fingerprint density at radius 2 is 1.82 bits per heavy atom.